The van der Waals surface area contributed by atoms with Crippen molar-refractivity contribution in [2.75, 3.05) is 6.61 Å². The number of rotatable bonds is 5. The molecule has 0 saturated carbocycles. The molecule has 0 spiro atoms. The van der Waals surface area contributed by atoms with E-state index in [0.29, 0.717) is 17.7 Å². The molecule has 0 aliphatic heterocycles. The predicted molar refractivity (Wildman–Crippen MR) is 129 cm³/mol. The Balaban J connectivity index is 1.61. The van der Waals surface area contributed by atoms with Crippen LogP contribution in [0.4, 0.5) is 0 Å². The Hall–Kier alpha value is -3.75. The van der Waals surface area contributed by atoms with Gasteiger partial charge in [0.05, 0.1) is 24.4 Å². The highest BCUT2D eigenvalue weighted by molar-refractivity contribution is 5.98. The lowest BCUT2D eigenvalue weighted by Gasteiger charge is -2.21. The van der Waals surface area contributed by atoms with E-state index in [1.54, 1.807) is 26.0 Å². The Labute approximate surface area is 203 Å². The molecule has 1 aliphatic rings. The molecule has 0 fully saturated rings. The molecular weight excluding hydrogens is 448 g/mol. The first kappa shape index (κ1) is 24.4. The summed E-state index contributed by atoms with van der Waals surface area (Å²) >= 11 is 0. The first-order valence-corrected chi connectivity index (χ1v) is 11.7. The Morgan fingerprint density at radius 1 is 1.14 bits per heavy atom. The van der Waals surface area contributed by atoms with E-state index in [2.05, 4.69) is 15.4 Å². The van der Waals surface area contributed by atoms with Gasteiger partial charge in [-0.25, -0.2) is 19.1 Å². The molecule has 1 N–H and O–H groups in total. The van der Waals surface area contributed by atoms with Crippen molar-refractivity contribution in [1.82, 2.24) is 19.9 Å². The van der Waals surface area contributed by atoms with Gasteiger partial charge in [-0.15, -0.1) is 0 Å². The van der Waals surface area contributed by atoms with Gasteiger partial charge in [0.2, 0.25) is 0 Å². The van der Waals surface area contributed by atoms with Crippen LogP contribution in [0.15, 0.2) is 24.4 Å². The van der Waals surface area contributed by atoms with E-state index in [0.717, 1.165) is 23.1 Å². The van der Waals surface area contributed by atoms with Crippen molar-refractivity contribution in [3.05, 3.63) is 63.6 Å². The highest BCUT2D eigenvalue weighted by atomic mass is 16.6. The monoisotopic (exact) mass is 478 g/mol. The number of fused-ring (bicyclic) bond motifs is 2. The van der Waals surface area contributed by atoms with Crippen LogP contribution in [0.25, 0.3) is 5.65 Å². The molecule has 1 amide bonds. The van der Waals surface area contributed by atoms with Crippen LogP contribution in [-0.4, -0.2) is 44.7 Å². The number of nitrogens with one attached hydrogen (secondary N) is 1. The van der Waals surface area contributed by atoms with Crippen molar-refractivity contribution in [2.45, 2.75) is 66.0 Å². The number of aromatic nitrogens is 3. The largest absolute Gasteiger partial charge is 0.462 e. The summed E-state index contributed by atoms with van der Waals surface area (Å²) in [5, 5.41) is 7.31. The second-order valence-corrected chi connectivity index (χ2v) is 9.67. The minimum atomic E-state index is -0.577. The number of esters is 2. The molecule has 9 nitrogen and oxygen atoms in total. The highest BCUT2D eigenvalue weighted by Gasteiger charge is 2.30. The van der Waals surface area contributed by atoms with Crippen LogP contribution in [-0.2, 0) is 15.9 Å². The van der Waals surface area contributed by atoms with Gasteiger partial charge in [0.15, 0.2) is 5.65 Å². The molecular formula is C26H30N4O5. The molecule has 1 atom stereocenters. The van der Waals surface area contributed by atoms with Gasteiger partial charge in [-0.1, -0.05) is 6.07 Å². The summed E-state index contributed by atoms with van der Waals surface area (Å²) < 4.78 is 12.0. The smallest absolute Gasteiger partial charge is 0.343 e. The molecule has 35 heavy (non-hydrogen) atoms. The third kappa shape index (κ3) is 4.76. The van der Waals surface area contributed by atoms with Crippen molar-refractivity contribution in [3.63, 3.8) is 0 Å². The van der Waals surface area contributed by atoms with Crippen molar-refractivity contribution in [2.24, 2.45) is 0 Å². The number of carbonyl (C=O) groups excluding carboxylic acids is 3. The fraction of sp³-hybridized carbons (Fsp3) is 0.423. The minimum absolute atomic E-state index is 0.209. The van der Waals surface area contributed by atoms with Gasteiger partial charge in [0, 0.05) is 5.69 Å². The van der Waals surface area contributed by atoms with Crippen LogP contribution >= 0.6 is 0 Å². The van der Waals surface area contributed by atoms with Gasteiger partial charge in [-0.05, 0) is 83.2 Å². The Morgan fingerprint density at radius 2 is 1.89 bits per heavy atom. The summed E-state index contributed by atoms with van der Waals surface area (Å²) in [6, 6.07) is 5.07. The Bertz CT molecular complexity index is 1340. The molecule has 0 saturated heterocycles. The van der Waals surface area contributed by atoms with E-state index in [1.807, 2.05) is 33.8 Å². The van der Waals surface area contributed by atoms with Crippen molar-refractivity contribution in [1.29, 1.82) is 0 Å². The summed E-state index contributed by atoms with van der Waals surface area (Å²) in [6.07, 6.45) is 2.81. The Kier molecular flexibility index (Phi) is 6.36. The van der Waals surface area contributed by atoms with E-state index < -0.39 is 11.6 Å². The highest BCUT2D eigenvalue weighted by Crippen LogP contribution is 2.35. The van der Waals surface area contributed by atoms with E-state index in [4.69, 9.17) is 9.47 Å². The van der Waals surface area contributed by atoms with Crippen molar-refractivity contribution < 1.29 is 23.9 Å². The third-order valence-corrected chi connectivity index (χ3v) is 5.95. The van der Waals surface area contributed by atoms with Crippen LogP contribution in [0, 0.1) is 13.8 Å². The SMILES string of the molecule is CCOC(=O)c1cnn2c(C(=O)N[C@H]3CCc4c3ccc(C(=O)OC(C)(C)C)c4C)cc(C)nc12. The van der Waals surface area contributed by atoms with E-state index in [-0.39, 0.29) is 41.4 Å². The van der Waals surface area contributed by atoms with Crippen LogP contribution in [0.2, 0.25) is 0 Å². The van der Waals surface area contributed by atoms with E-state index in [9.17, 15) is 14.4 Å². The number of amides is 1. The van der Waals surface area contributed by atoms with Gasteiger partial charge in [0.25, 0.3) is 5.91 Å². The molecule has 0 bridgehead atoms. The number of benzene rings is 1. The molecule has 2 heterocycles. The van der Waals surface area contributed by atoms with E-state index >= 15 is 0 Å². The zero-order valence-electron chi connectivity index (χ0n) is 20.9. The quantitative estimate of drug-likeness (QED) is 0.554. The summed E-state index contributed by atoms with van der Waals surface area (Å²) in [7, 11) is 0. The lowest BCUT2D eigenvalue weighted by atomic mass is 9.97. The molecule has 4 rings (SSSR count). The maximum atomic E-state index is 13.3. The second kappa shape index (κ2) is 9.13. The maximum Gasteiger partial charge on any atom is 0.343 e. The zero-order valence-corrected chi connectivity index (χ0v) is 20.9. The molecule has 0 unspecified atom stereocenters. The number of carbonyl (C=O) groups is 3. The maximum absolute atomic E-state index is 13.3. The summed E-state index contributed by atoms with van der Waals surface area (Å²) in [5.41, 5.74) is 4.22. The number of nitrogens with zero attached hydrogens (tertiary/aromatic N) is 3. The minimum Gasteiger partial charge on any atom is -0.462 e. The average molecular weight is 479 g/mol. The first-order valence-electron chi connectivity index (χ1n) is 11.7. The van der Waals surface area contributed by atoms with Gasteiger partial charge in [-0.2, -0.15) is 5.10 Å². The average Bonchev–Trinajstić information content (AvgIpc) is 3.37. The summed E-state index contributed by atoms with van der Waals surface area (Å²) in [4.78, 5) is 42.6. The van der Waals surface area contributed by atoms with Crippen LogP contribution < -0.4 is 5.32 Å². The number of ether oxygens (including phenoxy) is 2. The van der Waals surface area contributed by atoms with Crippen LogP contribution in [0.1, 0.15) is 93.7 Å². The number of hydrogen-bond donors (Lipinski definition) is 1. The van der Waals surface area contributed by atoms with Gasteiger partial charge in [-0.3, -0.25) is 4.79 Å². The zero-order chi connectivity index (χ0) is 25.5. The van der Waals surface area contributed by atoms with Crippen LogP contribution in [0.5, 0.6) is 0 Å². The topological polar surface area (TPSA) is 112 Å². The predicted octanol–water partition coefficient (Wildman–Crippen LogP) is 3.90. The lowest BCUT2D eigenvalue weighted by molar-refractivity contribution is 0.00682. The number of hydrogen-bond acceptors (Lipinski definition) is 7. The van der Waals surface area contributed by atoms with E-state index in [1.165, 1.54) is 10.7 Å². The molecule has 184 valence electrons. The molecule has 9 heteroatoms. The van der Waals surface area contributed by atoms with Crippen molar-refractivity contribution >= 4 is 23.5 Å². The number of aryl methyl sites for hydroxylation is 1. The van der Waals surface area contributed by atoms with Gasteiger partial charge >= 0.3 is 11.9 Å². The standard InChI is InChI=1S/C26H30N4O5/c1-7-34-24(32)19-13-27-30-21(12-14(2)28-22(19)30)23(31)29-20-11-10-16-15(3)17(8-9-18(16)20)25(33)35-26(4,5)6/h8-9,12-13,20H,7,10-11H2,1-6H3,(H,29,31)/t20-/m0/s1. The normalized spacial score (nSPS) is 15.1. The van der Waals surface area contributed by atoms with Gasteiger partial charge in [0.1, 0.15) is 16.9 Å². The molecule has 2 aromatic heterocycles. The van der Waals surface area contributed by atoms with Crippen LogP contribution in [0.3, 0.4) is 0 Å². The first-order chi connectivity index (χ1) is 16.5. The molecule has 0 radical (unpaired) electrons. The van der Waals surface area contributed by atoms with Gasteiger partial charge < -0.3 is 14.8 Å². The molecule has 1 aliphatic carbocycles. The Morgan fingerprint density at radius 3 is 2.57 bits per heavy atom. The second-order valence-electron chi connectivity index (χ2n) is 9.67. The van der Waals surface area contributed by atoms with Crippen molar-refractivity contribution in [3.8, 4) is 0 Å². The summed E-state index contributed by atoms with van der Waals surface area (Å²) in [5.74, 6) is -1.21. The lowest BCUT2D eigenvalue weighted by Crippen LogP contribution is -2.29. The third-order valence-electron chi connectivity index (χ3n) is 5.95. The summed E-state index contributed by atoms with van der Waals surface area (Å²) in [6.45, 7) is 11.1. The molecule has 3 aromatic rings. The molecule has 1 aromatic carbocycles. The fourth-order valence-corrected chi connectivity index (χ4v) is 4.42. The fourth-order valence-electron chi connectivity index (χ4n) is 4.42.